The summed E-state index contributed by atoms with van der Waals surface area (Å²) in [6.45, 7) is 0.685. The normalized spacial score (nSPS) is 21.1. The van der Waals surface area contributed by atoms with E-state index < -0.39 is 11.4 Å². The molecule has 2 saturated carbocycles. The molecule has 2 aliphatic carbocycles. The Hall–Kier alpha value is -1.22. The van der Waals surface area contributed by atoms with Crippen LogP contribution in [0.2, 0.25) is 5.02 Å². The van der Waals surface area contributed by atoms with Crippen LogP contribution in [0.3, 0.4) is 0 Å². The number of ether oxygens (including phenoxy) is 1. The van der Waals surface area contributed by atoms with Gasteiger partial charge in [0.05, 0.1) is 12.0 Å². The number of rotatable bonds is 5. The van der Waals surface area contributed by atoms with Crippen molar-refractivity contribution in [2.45, 2.75) is 56.8 Å². The zero-order valence-corrected chi connectivity index (χ0v) is 13.6. The fraction of sp³-hybridized carbons (Fsp3) is 0.611. The summed E-state index contributed by atoms with van der Waals surface area (Å²) >= 11 is 6.16. The molecular formula is C18H23ClO3. The predicted octanol–water partition coefficient (Wildman–Crippen LogP) is 4.81. The number of carboxylic acids is 1. The number of halogens is 1. The molecule has 3 rings (SSSR count). The van der Waals surface area contributed by atoms with Gasteiger partial charge in [-0.2, -0.15) is 0 Å². The average Bonchev–Trinajstić information content (AvgIpc) is 2.47. The largest absolute Gasteiger partial charge is 0.493 e. The number of carbonyl (C=O) groups is 1. The summed E-state index contributed by atoms with van der Waals surface area (Å²) in [4.78, 5) is 12.0. The summed E-state index contributed by atoms with van der Waals surface area (Å²) in [5.74, 6) is 0.583. The van der Waals surface area contributed by atoms with Crippen LogP contribution < -0.4 is 4.74 Å². The maximum Gasteiger partial charge on any atom is 0.314 e. The predicted molar refractivity (Wildman–Crippen MR) is 86.7 cm³/mol. The van der Waals surface area contributed by atoms with E-state index in [1.54, 1.807) is 12.1 Å². The van der Waals surface area contributed by atoms with Crippen LogP contribution in [-0.4, -0.2) is 17.7 Å². The molecule has 0 unspecified atom stereocenters. The van der Waals surface area contributed by atoms with Gasteiger partial charge in [0.15, 0.2) is 0 Å². The molecule has 0 atom stereocenters. The molecule has 0 saturated heterocycles. The third kappa shape index (κ3) is 2.96. The lowest BCUT2D eigenvalue weighted by Crippen LogP contribution is -2.38. The molecule has 0 aliphatic heterocycles. The van der Waals surface area contributed by atoms with E-state index in [1.807, 2.05) is 6.07 Å². The highest BCUT2D eigenvalue weighted by Gasteiger charge is 2.43. The van der Waals surface area contributed by atoms with Gasteiger partial charge in [-0.1, -0.05) is 37.3 Å². The smallest absolute Gasteiger partial charge is 0.314 e. The van der Waals surface area contributed by atoms with Crippen LogP contribution in [0.25, 0.3) is 0 Å². The Labute approximate surface area is 136 Å². The van der Waals surface area contributed by atoms with Gasteiger partial charge in [0, 0.05) is 10.6 Å². The quantitative estimate of drug-likeness (QED) is 0.846. The molecule has 2 aliphatic rings. The lowest BCUT2D eigenvalue weighted by molar-refractivity contribution is -0.145. The van der Waals surface area contributed by atoms with Gasteiger partial charge in [0.1, 0.15) is 5.75 Å². The molecule has 0 spiro atoms. The van der Waals surface area contributed by atoms with Crippen LogP contribution in [-0.2, 0) is 10.2 Å². The second-order valence-electron chi connectivity index (χ2n) is 6.70. The van der Waals surface area contributed by atoms with Crippen LogP contribution in [0, 0.1) is 5.92 Å². The van der Waals surface area contributed by atoms with Crippen molar-refractivity contribution in [3.05, 3.63) is 28.8 Å². The highest BCUT2D eigenvalue weighted by atomic mass is 35.5. The van der Waals surface area contributed by atoms with Crippen LogP contribution in [0.4, 0.5) is 0 Å². The molecule has 0 heterocycles. The molecule has 0 radical (unpaired) electrons. The Kier molecular flexibility index (Phi) is 4.62. The minimum absolute atomic E-state index is 0.581. The maximum absolute atomic E-state index is 12.0. The first-order chi connectivity index (χ1) is 10.6. The standard InChI is InChI=1S/C18H23ClO3/c19-14-7-8-16(22-12-13-5-4-6-13)15(11-14)18(17(20)21)9-2-1-3-10-18/h7-8,11,13H,1-6,9-10,12H2,(H,20,21). The van der Waals surface area contributed by atoms with Gasteiger partial charge in [-0.25, -0.2) is 0 Å². The molecule has 3 nitrogen and oxygen atoms in total. The molecular weight excluding hydrogens is 300 g/mol. The van der Waals surface area contributed by atoms with E-state index in [4.69, 9.17) is 16.3 Å². The number of benzene rings is 1. The second kappa shape index (κ2) is 6.49. The molecule has 0 bridgehead atoms. The Bertz CT molecular complexity index is 545. The second-order valence-corrected chi connectivity index (χ2v) is 7.13. The van der Waals surface area contributed by atoms with Crippen molar-refractivity contribution in [1.29, 1.82) is 0 Å². The highest BCUT2D eigenvalue weighted by Crippen LogP contribution is 2.44. The molecule has 120 valence electrons. The first-order valence-corrected chi connectivity index (χ1v) is 8.66. The van der Waals surface area contributed by atoms with Gasteiger partial charge in [0.25, 0.3) is 0 Å². The monoisotopic (exact) mass is 322 g/mol. The summed E-state index contributed by atoms with van der Waals surface area (Å²) in [6, 6.07) is 5.44. The zero-order chi connectivity index (χ0) is 15.6. The Morgan fingerprint density at radius 3 is 2.55 bits per heavy atom. The van der Waals surface area contributed by atoms with Crippen molar-refractivity contribution in [2.75, 3.05) is 6.61 Å². The van der Waals surface area contributed by atoms with Gasteiger partial charge < -0.3 is 9.84 Å². The molecule has 4 heteroatoms. The maximum atomic E-state index is 12.0. The molecule has 0 aromatic heterocycles. The molecule has 1 aromatic carbocycles. The van der Waals surface area contributed by atoms with Gasteiger partial charge in [-0.05, 0) is 49.8 Å². The number of hydrogen-bond donors (Lipinski definition) is 1. The van der Waals surface area contributed by atoms with Crippen molar-refractivity contribution in [2.24, 2.45) is 5.92 Å². The molecule has 2 fully saturated rings. The minimum atomic E-state index is -0.835. The Morgan fingerprint density at radius 1 is 1.23 bits per heavy atom. The van der Waals surface area contributed by atoms with Crippen LogP contribution in [0.5, 0.6) is 5.75 Å². The number of hydrogen-bond acceptors (Lipinski definition) is 2. The van der Waals surface area contributed by atoms with Crippen molar-refractivity contribution in [1.82, 2.24) is 0 Å². The Morgan fingerprint density at radius 2 is 1.95 bits per heavy atom. The van der Waals surface area contributed by atoms with Gasteiger partial charge >= 0.3 is 5.97 Å². The van der Waals surface area contributed by atoms with E-state index in [0.29, 0.717) is 36.1 Å². The van der Waals surface area contributed by atoms with Gasteiger partial charge in [-0.15, -0.1) is 0 Å². The van der Waals surface area contributed by atoms with Gasteiger partial charge in [-0.3, -0.25) is 4.79 Å². The number of aliphatic carboxylic acids is 1. The van der Waals surface area contributed by atoms with Crippen molar-refractivity contribution in [3.63, 3.8) is 0 Å². The first-order valence-electron chi connectivity index (χ1n) is 8.28. The summed E-state index contributed by atoms with van der Waals surface area (Å²) in [5.41, 5.74) is -0.0653. The van der Waals surface area contributed by atoms with Crippen LogP contribution >= 0.6 is 11.6 Å². The summed E-state index contributed by atoms with van der Waals surface area (Å²) in [7, 11) is 0. The molecule has 0 amide bonds. The van der Waals surface area contributed by atoms with E-state index in [-0.39, 0.29) is 0 Å². The highest BCUT2D eigenvalue weighted by molar-refractivity contribution is 6.30. The first kappa shape index (κ1) is 15.7. The van der Waals surface area contributed by atoms with E-state index in [1.165, 1.54) is 19.3 Å². The fourth-order valence-electron chi connectivity index (χ4n) is 3.62. The SMILES string of the molecule is O=C(O)C1(c2cc(Cl)ccc2OCC2CCC2)CCCCC1. The van der Waals surface area contributed by atoms with Crippen molar-refractivity contribution in [3.8, 4) is 5.75 Å². The average molecular weight is 323 g/mol. The minimum Gasteiger partial charge on any atom is -0.493 e. The molecule has 22 heavy (non-hydrogen) atoms. The number of carboxylic acid groups (broad SMARTS) is 1. The third-order valence-corrected chi connectivity index (χ3v) is 5.51. The van der Waals surface area contributed by atoms with E-state index in [2.05, 4.69) is 0 Å². The summed E-state index contributed by atoms with van der Waals surface area (Å²) < 4.78 is 6.00. The summed E-state index contributed by atoms with van der Waals surface area (Å²) in [5, 5.41) is 10.5. The molecule has 1 N–H and O–H groups in total. The topological polar surface area (TPSA) is 46.5 Å². The van der Waals surface area contributed by atoms with E-state index in [0.717, 1.165) is 24.8 Å². The lowest BCUT2D eigenvalue weighted by atomic mass is 9.69. The Balaban J connectivity index is 1.91. The van der Waals surface area contributed by atoms with E-state index >= 15 is 0 Å². The van der Waals surface area contributed by atoms with Crippen LogP contribution in [0.15, 0.2) is 18.2 Å². The molecule has 1 aromatic rings. The van der Waals surface area contributed by atoms with Crippen LogP contribution in [0.1, 0.15) is 56.9 Å². The lowest BCUT2D eigenvalue weighted by Gasteiger charge is -2.35. The van der Waals surface area contributed by atoms with Crippen molar-refractivity contribution < 1.29 is 14.6 Å². The van der Waals surface area contributed by atoms with Gasteiger partial charge in [0.2, 0.25) is 0 Å². The van der Waals surface area contributed by atoms with Crippen molar-refractivity contribution >= 4 is 17.6 Å². The zero-order valence-electron chi connectivity index (χ0n) is 12.8. The third-order valence-electron chi connectivity index (χ3n) is 5.27. The fourth-order valence-corrected chi connectivity index (χ4v) is 3.79. The van der Waals surface area contributed by atoms with E-state index in [9.17, 15) is 9.90 Å². The summed E-state index contributed by atoms with van der Waals surface area (Å²) in [6.07, 6.45) is 8.04.